The minimum Gasteiger partial charge on any atom is -0.495 e. The van der Waals surface area contributed by atoms with Gasteiger partial charge in [-0.1, -0.05) is 30.9 Å². The van der Waals surface area contributed by atoms with Gasteiger partial charge in [0.15, 0.2) is 0 Å². The summed E-state index contributed by atoms with van der Waals surface area (Å²) in [6, 6.07) is 5.17. The number of carbonyl (C=O) groups excluding carboxylic acids is 1. The summed E-state index contributed by atoms with van der Waals surface area (Å²) in [5, 5.41) is 3.38. The summed E-state index contributed by atoms with van der Waals surface area (Å²) >= 11 is 6.05. The SMILES string of the molecule is COc1ccc(NC(=O)C2CCCCCC2N)cc1Cl. The van der Waals surface area contributed by atoms with E-state index in [2.05, 4.69) is 5.32 Å². The Labute approximate surface area is 124 Å². The zero-order chi connectivity index (χ0) is 14.5. The third kappa shape index (κ3) is 3.64. The average molecular weight is 297 g/mol. The van der Waals surface area contributed by atoms with Gasteiger partial charge >= 0.3 is 0 Å². The van der Waals surface area contributed by atoms with E-state index >= 15 is 0 Å². The highest BCUT2D eigenvalue weighted by Gasteiger charge is 2.27. The molecule has 0 spiro atoms. The third-order valence-corrected chi connectivity index (χ3v) is 4.12. The Balaban J connectivity index is 2.04. The van der Waals surface area contributed by atoms with Gasteiger partial charge in [0.25, 0.3) is 0 Å². The van der Waals surface area contributed by atoms with Crippen LogP contribution in [0.5, 0.6) is 5.75 Å². The van der Waals surface area contributed by atoms with Crippen molar-refractivity contribution < 1.29 is 9.53 Å². The van der Waals surface area contributed by atoms with Crippen LogP contribution >= 0.6 is 11.6 Å². The molecule has 1 aromatic rings. The lowest BCUT2D eigenvalue weighted by Crippen LogP contribution is -2.37. The van der Waals surface area contributed by atoms with E-state index in [9.17, 15) is 4.79 Å². The summed E-state index contributed by atoms with van der Waals surface area (Å²) in [5.41, 5.74) is 6.78. The molecule has 1 aromatic carbocycles. The van der Waals surface area contributed by atoms with Crippen LogP contribution in [0.15, 0.2) is 18.2 Å². The highest BCUT2D eigenvalue weighted by Crippen LogP contribution is 2.28. The lowest BCUT2D eigenvalue weighted by atomic mass is 9.94. The van der Waals surface area contributed by atoms with Gasteiger partial charge in [-0.2, -0.15) is 0 Å². The normalized spacial score (nSPS) is 22.9. The Morgan fingerprint density at radius 3 is 2.80 bits per heavy atom. The van der Waals surface area contributed by atoms with Gasteiger partial charge < -0.3 is 15.8 Å². The molecule has 1 fully saturated rings. The minimum atomic E-state index is -0.113. The number of rotatable bonds is 3. The molecule has 20 heavy (non-hydrogen) atoms. The van der Waals surface area contributed by atoms with E-state index in [-0.39, 0.29) is 17.9 Å². The lowest BCUT2D eigenvalue weighted by molar-refractivity contribution is -0.120. The van der Waals surface area contributed by atoms with E-state index in [1.165, 1.54) is 0 Å². The smallest absolute Gasteiger partial charge is 0.229 e. The number of halogens is 1. The van der Waals surface area contributed by atoms with Crippen LogP contribution < -0.4 is 15.8 Å². The summed E-state index contributed by atoms with van der Waals surface area (Å²) in [5.74, 6) is 0.467. The second-order valence-corrected chi connectivity index (χ2v) is 5.65. The number of ether oxygens (including phenoxy) is 1. The van der Waals surface area contributed by atoms with Crippen molar-refractivity contribution in [3.63, 3.8) is 0 Å². The van der Waals surface area contributed by atoms with Crippen molar-refractivity contribution in [2.24, 2.45) is 11.7 Å². The molecule has 1 aliphatic carbocycles. The zero-order valence-electron chi connectivity index (χ0n) is 11.7. The third-order valence-electron chi connectivity index (χ3n) is 3.83. The lowest BCUT2D eigenvalue weighted by Gasteiger charge is -2.20. The van der Waals surface area contributed by atoms with Crippen LogP contribution in [-0.4, -0.2) is 19.1 Å². The van der Waals surface area contributed by atoms with Gasteiger partial charge in [0.1, 0.15) is 5.75 Å². The second-order valence-electron chi connectivity index (χ2n) is 5.25. The Morgan fingerprint density at radius 2 is 2.10 bits per heavy atom. The van der Waals surface area contributed by atoms with Crippen LogP contribution in [0.4, 0.5) is 5.69 Å². The molecule has 2 unspecified atom stereocenters. The van der Waals surface area contributed by atoms with Crippen molar-refractivity contribution in [1.29, 1.82) is 0 Å². The average Bonchev–Trinajstić information content (AvgIpc) is 2.63. The van der Waals surface area contributed by atoms with E-state index in [4.69, 9.17) is 22.1 Å². The molecule has 0 bridgehead atoms. The Bertz CT molecular complexity index is 479. The maximum Gasteiger partial charge on any atom is 0.229 e. The first-order valence-electron chi connectivity index (χ1n) is 7.02. The molecule has 1 amide bonds. The van der Waals surface area contributed by atoms with Gasteiger partial charge in [-0.15, -0.1) is 0 Å². The highest BCUT2D eigenvalue weighted by atomic mass is 35.5. The summed E-state index contributed by atoms with van der Waals surface area (Å²) in [6.45, 7) is 0. The topological polar surface area (TPSA) is 64.3 Å². The molecule has 0 aromatic heterocycles. The number of anilines is 1. The van der Waals surface area contributed by atoms with Crippen LogP contribution in [0.3, 0.4) is 0 Å². The number of hydrogen-bond acceptors (Lipinski definition) is 3. The first-order chi connectivity index (χ1) is 9.61. The van der Waals surface area contributed by atoms with Crippen LogP contribution in [-0.2, 0) is 4.79 Å². The van der Waals surface area contributed by atoms with E-state index in [0.717, 1.165) is 32.1 Å². The van der Waals surface area contributed by atoms with E-state index in [0.29, 0.717) is 16.5 Å². The van der Waals surface area contributed by atoms with Crippen molar-refractivity contribution in [2.45, 2.75) is 38.1 Å². The molecule has 2 atom stereocenters. The number of nitrogens with two attached hydrogens (primary N) is 1. The molecule has 0 radical (unpaired) electrons. The van der Waals surface area contributed by atoms with E-state index in [1.807, 2.05) is 0 Å². The van der Waals surface area contributed by atoms with Crippen LogP contribution in [0, 0.1) is 5.92 Å². The zero-order valence-corrected chi connectivity index (χ0v) is 12.5. The monoisotopic (exact) mass is 296 g/mol. The standard InChI is InChI=1S/C15H21ClN2O2/c1-20-14-8-7-10(9-12(14)16)18-15(19)11-5-3-2-4-6-13(11)17/h7-9,11,13H,2-6,17H2,1H3,(H,18,19). The number of amides is 1. The van der Waals surface area contributed by atoms with Crippen LogP contribution in [0.1, 0.15) is 32.1 Å². The molecular weight excluding hydrogens is 276 g/mol. The molecule has 0 aliphatic heterocycles. The maximum absolute atomic E-state index is 12.3. The van der Waals surface area contributed by atoms with Crippen molar-refractivity contribution >= 4 is 23.2 Å². The maximum atomic E-state index is 12.3. The molecule has 2 rings (SSSR count). The molecule has 0 heterocycles. The molecule has 1 saturated carbocycles. The minimum absolute atomic E-state index is 0.0133. The van der Waals surface area contributed by atoms with E-state index in [1.54, 1.807) is 25.3 Å². The number of carbonyl (C=O) groups is 1. The second kappa shape index (κ2) is 6.95. The fourth-order valence-corrected chi connectivity index (χ4v) is 2.90. The van der Waals surface area contributed by atoms with Gasteiger partial charge in [0, 0.05) is 11.7 Å². The quantitative estimate of drug-likeness (QED) is 0.842. The van der Waals surface area contributed by atoms with E-state index < -0.39 is 0 Å². The van der Waals surface area contributed by atoms with Crippen molar-refractivity contribution in [3.8, 4) is 5.75 Å². The highest BCUT2D eigenvalue weighted by molar-refractivity contribution is 6.32. The summed E-state index contributed by atoms with van der Waals surface area (Å²) in [7, 11) is 1.56. The Morgan fingerprint density at radius 1 is 1.35 bits per heavy atom. The molecule has 3 N–H and O–H groups in total. The fraction of sp³-hybridized carbons (Fsp3) is 0.533. The first-order valence-corrected chi connectivity index (χ1v) is 7.39. The Kier molecular flexibility index (Phi) is 5.26. The molecule has 1 aliphatic rings. The number of nitrogens with one attached hydrogen (secondary N) is 1. The van der Waals surface area contributed by atoms with Crippen LogP contribution in [0.2, 0.25) is 5.02 Å². The van der Waals surface area contributed by atoms with Gasteiger partial charge in [-0.05, 0) is 31.0 Å². The van der Waals surface area contributed by atoms with Crippen molar-refractivity contribution in [2.75, 3.05) is 12.4 Å². The molecular formula is C15H21ClN2O2. The largest absolute Gasteiger partial charge is 0.495 e. The van der Waals surface area contributed by atoms with Gasteiger partial charge in [-0.25, -0.2) is 0 Å². The fourth-order valence-electron chi connectivity index (χ4n) is 2.64. The predicted octanol–water partition coefficient (Wildman–Crippen LogP) is 3.19. The summed E-state index contributed by atoms with van der Waals surface area (Å²) in [6.07, 6.45) is 5.11. The molecule has 0 saturated heterocycles. The molecule has 110 valence electrons. The van der Waals surface area contributed by atoms with Gasteiger partial charge in [-0.3, -0.25) is 4.79 Å². The van der Waals surface area contributed by atoms with Crippen LogP contribution in [0.25, 0.3) is 0 Å². The van der Waals surface area contributed by atoms with Gasteiger partial charge in [0.05, 0.1) is 18.1 Å². The summed E-state index contributed by atoms with van der Waals surface area (Å²) < 4.78 is 5.09. The Hall–Kier alpha value is -1.26. The van der Waals surface area contributed by atoms with Crippen molar-refractivity contribution in [3.05, 3.63) is 23.2 Å². The number of benzene rings is 1. The first kappa shape index (κ1) is 15.1. The van der Waals surface area contributed by atoms with Gasteiger partial charge in [0.2, 0.25) is 5.91 Å². The van der Waals surface area contributed by atoms with Crippen molar-refractivity contribution in [1.82, 2.24) is 0 Å². The number of methoxy groups -OCH3 is 1. The molecule has 4 nitrogen and oxygen atoms in total. The summed E-state index contributed by atoms with van der Waals surface area (Å²) in [4.78, 5) is 12.3. The molecule has 5 heteroatoms. The number of hydrogen-bond donors (Lipinski definition) is 2. The predicted molar refractivity (Wildman–Crippen MR) is 81.2 cm³/mol.